The van der Waals surface area contributed by atoms with Gasteiger partial charge in [-0.1, -0.05) is 135 Å². The van der Waals surface area contributed by atoms with Crippen molar-refractivity contribution in [2.45, 2.75) is 44.9 Å². The predicted molar refractivity (Wildman–Crippen MR) is 251 cm³/mol. The average molecular weight is 759 g/mol. The van der Waals surface area contributed by atoms with Crippen molar-refractivity contribution in [2.24, 2.45) is 0 Å². The summed E-state index contributed by atoms with van der Waals surface area (Å²) in [4.78, 5) is 5.12. The lowest BCUT2D eigenvalue weighted by atomic mass is 9.80. The molecule has 0 atom stereocenters. The van der Waals surface area contributed by atoms with E-state index < -0.39 is 0 Å². The monoisotopic (exact) mass is 758 g/mol. The Labute approximate surface area is 347 Å². The molecule has 2 aliphatic heterocycles. The van der Waals surface area contributed by atoms with Gasteiger partial charge in [-0.05, 0) is 162 Å². The van der Waals surface area contributed by atoms with Crippen LogP contribution in [0, 0.1) is 0 Å². The van der Waals surface area contributed by atoms with E-state index in [1.807, 2.05) is 0 Å². The molecule has 2 heteroatoms. The molecule has 0 aromatic heterocycles. The third kappa shape index (κ3) is 5.32. The molecule has 284 valence electrons. The first-order valence-electron chi connectivity index (χ1n) is 21.5. The Hall–Kier alpha value is -6.64. The summed E-state index contributed by atoms with van der Waals surface area (Å²) in [7, 11) is 0. The smallest absolute Gasteiger partial charge is 0.0443 e. The Morgan fingerprint density at radius 1 is 0.407 bits per heavy atom. The van der Waals surface area contributed by atoms with E-state index in [1.54, 1.807) is 0 Å². The lowest BCUT2D eigenvalue weighted by Crippen LogP contribution is -2.24. The van der Waals surface area contributed by atoms with Crippen molar-refractivity contribution in [3.05, 3.63) is 192 Å². The van der Waals surface area contributed by atoms with Crippen molar-refractivity contribution in [1.82, 2.24) is 0 Å². The molecule has 9 aromatic rings. The number of hydrogen-bond acceptors (Lipinski definition) is 2. The van der Waals surface area contributed by atoms with Gasteiger partial charge in [0.15, 0.2) is 0 Å². The van der Waals surface area contributed by atoms with Crippen LogP contribution in [0.4, 0.5) is 22.7 Å². The number of fused-ring (bicyclic) bond motifs is 8. The van der Waals surface area contributed by atoms with Gasteiger partial charge < -0.3 is 9.80 Å². The van der Waals surface area contributed by atoms with Crippen LogP contribution in [0.15, 0.2) is 170 Å². The topological polar surface area (TPSA) is 6.48 Å². The molecule has 0 spiro atoms. The highest BCUT2D eigenvalue weighted by Crippen LogP contribution is 2.52. The van der Waals surface area contributed by atoms with Crippen LogP contribution < -0.4 is 9.80 Å². The van der Waals surface area contributed by atoms with Gasteiger partial charge in [0.1, 0.15) is 0 Å². The zero-order valence-corrected chi connectivity index (χ0v) is 33.8. The van der Waals surface area contributed by atoms with Crippen LogP contribution in [-0.4, -0.2) is 13.1 Å². The van der Waals surface area contributed by atoms with E-state index in [-0.39, 0.29) is 5.41 Å². The zero-order valence-electron chi connectivity index (χ0n) is 33.8. The fourth-order valence-corrected chi connectivity index (χ4v) is 11.0. The highest BCUT2D eigenvalue weighted by molar-refractivity contribution is 6.23. The van der Waals surface area contributed by atoms with E-state index in [2.05, 4.69) is 194 Å². The summed E-state index contributed by atoms with van der Waals surface area (Å²) >= 11 is 0. The normalized spacial score (nSPS) is 15.3. The summed E-state index contributed by atoms with van der Waals surface area (Å²) in [5.74, 6) is 0. The lowest BCUT2D eigenvalue weighted by molar-refractivity contribution is 0.660. The number of para-hydroxylation sites is 2. The molecule has 0 amide bonds. The summed E-state index contributed by atoms with van der Waals surface area (Å²) in [5.41, 5.74) is 18.6. The molecule has 0 N–H and O–H groups in total. The van der Waals surface area contributed by atoms with Crippen LogP contribution >= 0.6 is 0 Å². The van der Waals surface area contributed by atoms with Crippen molar-refractivity contribution in [3.63, 3.8) is 0 Å². The quantitative estimate of drug-likeness (QED) is 0.165. The number of benzene rings is 9. The molecule has 3 aliphatic rings. The van der Waals surface area contributed by atoms with Crippen molar-refractivity contribution in [3.8, 4) is 33.4 Å². The Bertz CT molecular complexity index is 3050. The summed E-state index contributed by atoms with van der Waals surface area (Å²) in [5, 5.41) is 7.70. The van der Waals surface area contributed by atoms with E-state index in [0.29, 0.717) is 0 Å². The summed E-state index contributed by atoms with van der Waals surface area (Å²) < 4.78 is 0. The largest absolute Gasteiger partial charge is 0.341 e. The molecule has 1 aliphatic carbocycles. The number of hydrogen-bond donors (Lipinski definition) is 0. The number of aryl methyl sites for hydroxylation is 2. The van der Waals surface area contributed by atoms with Crippen LogP contribution in [-0.2, 0) is 18.3 Å². The van der Waals surface area contributed by atoms with Crippen molar-refractivity contribution in [1.29, 1.82) is 0 Å². The molecule has 0 saturated heterocycles. The second-order valence-corrected chi connectivity index (χ2v) is 17.5. The molecule has 0 unspecified atom stereocenters. The fraction of sp³-hybridized carbons (Fsp3) is 0.158. The van der Waals surface area contributed by atoms with E-state index in [4.69, 9.17) is 0 Å². The molecule has 2 heterocycles. The highest BCUT2D eigenvalue weighted by atomic mass is 15.1. The van der Waals surface area contributed by atoms with Gasteiger partial charge in [-0.2, -0.15) is 0 Å². The van der Waals surface area contributed by atoms with Gasteiger partial charge in [-0.25, -0.2) is 0 Å². The number of nitrogens with zero attached hydrogens (tertiary/aromatic N) is 2. The van der Waals surface area contributed by atoms with Crippen LogP contribution in [0.1, 0.15) is 48.9 Å². The van der Waals surface area contributed by atoms with Crippen LogP contribution in [0.25, 0.3) is 65.7 Å². The van der Waals surface area contributed by atoms with Crippen LogP contribution in [0.3, 0.4) is 0 Å². The first-order valence-corrected chi connectivity index (χ1v) is 21.5. The molecule has 9 aromatic carbocycles. The molecule has 59 heavy (non-hydrogen) atoms. The number of anilines is 4. The standard InChI is InChI=1S/C57H46N2/c1-57(2)51-20-8-7-19-45(51)46-28-25-42(34-52(46)57)55-47-29-26-43(58-31-11-17-38-14-5-9-21-53(38)58)35-49(47)56(41-24-23-37-13-3-4-16-40(37)33-41)50-36-44(27-30-48(50)55)59-32-12-18-39-15-6-10-22-54(39)59/h3-10,13-16,19-30,33-36H,11-12,17-18,31-32H2,1-2H3. The fourth-order valence-electron chi connectivity index (χ4n) is 11.0. The zero-order chi connectivity index (χ0) is 39.2. The molecule has 0 saturated carbocycles. The molecule has 12 rings (SSSR count). The number of rotatable bonds is 4. The SMILES string of the molecule is CC1(C)c2ccccc2-c2ccc(-c3c4ccc(N5CCCc6ccccc65)cc4c(-c4ccc5ccccc5c4)c4cc(N5CCCc6ccccc65)ccc34)cc21. The Morgan fingerprint density at radius 2 is 0.932 bits per heavy atom. The minimum Gasteiger partial charge on any atom is -0.341 e. The maximum atomic E-state index is 2.56. The van der Waals surface area contributed by atoms with Crippen LogP contribution in [0.5, 0.6) is 0 Å². The van der Waals surface area contributed by atoms with E-state index in [9.17, 15) is 0 Å². The molecule has 2 nitrogen and oxygen atoms in total. The highest BCUT2D eigenvalue weighted by Gasteiger charge is 2.35. The predicted octanol–water partition coefficient (Wildman–Crippen LogP) is 15.0. The Kier molecular flexibility index (Phi) is 7.69. The Balaban J connectivity index is 1.18. The molecule has 0 bridgehead atoms. The summed E-state index contributed by atoms with van der Waals surface area (Å²) in [6, 6.07) is 64.8. The van der Waals surface area contributed by atoms with E-state index in [1.165, 1.54) is 111 Å². The van der Waals surface area contributed by atoms with Crippen molar-refractivity contribution >= 4 is 55.1 Å². The summed E-state index contributed by atoms with van der Waals surface area (Å²) in [6.07, 6.45) is 4.53. The van der Waals surface area contributed by atoms with Gasteiger partial charge in [0.05, 0.1) is 0 Å². The molecular formula is C57H46N2. The lowest BCUT2D eigenvalue weighted by Gasteiger charge is -2.32. The van der Waals surface area contributed by atoms with Gasteiger partial charge in [0.2, 0.25) is 0 Å². The molecule has 0 fully saturated rings. The van der Waals surface area contributed by atoms with Gasteiger partial charge >= 0.3 is 0 Å². The Morgan fingerprint density at radius 3 is 1.61 bits per heavy atom. The van der Waals surface area contributed by atoms with E-state index >= 15 is 0 Å². The third-order valence-electron chi connectivity index (χ3n) is 13.8. The van der Waals surface area contributed by atoms with Gasteiger partial charge in [0, 0.05) is 41.3 Å². The van der Waals surface area contributed by atoms with Crippen molar-refractivity contribution in [2.75, 3.05) is 22.9 Å². The second kappa shape index (κ2) is 13.2. The van der Waals surface area contributed by atoms with Gasteiger partial charge in [-0.15, -0.1) is 0 Å². The second-order valence-electron chi connectivity index (χ2n) is 17.5. The van der Waals surface area contributed by atoms with Gasteiger partial charge in [-0.3, -0.25) is 0 Å². The minimum absolute atomic E-state index is 0.0950. The maximum absolute atomic E-state index is 2.56. The average Bonchev–Trinajstić information content (AvgIpc) is 3.52. The molecular weight excluding hydrogens is 713 g/mol. The van der Waals surface area contributed by atoms with Crippen LogP contribution in [0.2, 0.25) is 0 Å². The van der Waals surface area contributed by atoms with E-state index in [0.717, 1.165) is 38.8 Å². The minimum atomic E-state index is -0.0950. The van der Waals surface area contributed by atoms with Crippen molar-refractivity contribution < 1.29 is 0 Å². The van der Waals surface area contributed by atoms with Gasteiger partial charge in [0.25, 0.3) is 0 Å². The first-order chi connectivity index (χ1) is 29.0. The summed E-state index contributed by atoms with van der Waals surface area (Å²) in [6.45, 7) is 6.80. The third-order valence-corrected chi connectivity index (χ3v) is 13.8. The maximum Gasteiger partial charge on any atom is 0.0443 e. The molecule has 0 radical (unpaired) electrons. The first kappa shape index (κ1) is 34.4.